The van der Waals surface area contributed by atoms with Crippen molar-refractivity contribution in [3.05, 3.63) is 0 Å². The van der Waals surface area contributed by atoms with E-state index in [4.69, 9.17) is 0 Å². The van der Waals surface area contributed by atoms with Gasteiger partial charge in [0.05, 0.1) is 0 Å². The second kappa shape index (κ2) is 2.46. The van der Waals surface area contributed by atoms with Crippen LogP contribution in [-0.2, 0) is 4.79 Å². The Kier molecular flexibility index (Phi) is 1.65. The van der Waals surface area contributed by atoms with Gasteiger partial charge in [-0.15, -0.1) is 0 Å². The number of carbonyl (C=O) groups is 1. The van der Waals surface area contributed by atoms with Crippen LogP contribution in [0.25, 0.3) is 0 Å². The van der Waals surface area contributed by atoms with Gasteiger partial charge in [0, 0.05) is 32.0 Å². The molecule has 0 aliphatic carbocycles. The highest BCUT2D eigenvalue weighted by molar-refractivity contribution is 5.79. The third kappa shape index (κ3) is 1.12. The molecule has 3 nitrogen and oxygen atoms in total. The van der Waals surface area contributed by atoms with Crippen LogP contribution in [0.2, 0.25) is 0 Å². The minimum atomic E-state index is 0.306. The van der Waals surface area contributed by atoms with E-state index in [1.54, 1.807) is 0 Å². The number of hydrogen-bond donors (Lipinski definition) is 0. The normalized spacial score (nSPS) is 37.2. The third-order valence-electron chi connectivity index (χ3n) is 3.15. The van der Waals surface area contributed by atoms with E-state index in [0.29, 0.717) is 11.3 Å². The van der Waals surface area contributed by atoms with E-state index in [-0.39, 0.29) is 0 Å². The van der Waals surface area contributed by atoms with E-state index in [1.807, 2.05) is 11.9 Å². The number of hydrogen-bond acceptors (Lipinski definition) is 2. The Bertz CT molecular complexity index is 217. The maximum Gasteiger partial charge on any atom is 0.223 e. The Labute approximate surface area is 73.3 Å². The SMILES string of the molecule is CN1CC[C@]2(CC(=O)N(C)C2)C1. The van der Waals surface area contributed by atoms with Crippen LogP contribution >= 0.6 is 0 Å². The molecule has 2 fully saturated rings. The van der Waals surface area contributed by atoms with Gasteiger partial charge in [-0.25, -0.2) is 0 Å². The molecule has 0 N–H and O–H groups in total. The fourth-order valence-corrected chi connectivity index (χ4v) is 2.54. The predicted octanol–water partition coefficient (Wildman–Crippen LogP) is 0.170. The number of rotatable bonds is 0. The maximum absolute atomic E-state index is 11.3. The summed E-state index contributed by atoms with van der Waals surface area (Å²) in [6.45, 7) is 3.22. The lowest BCUT2D eigenvalue weighted by Crippen LogP contribution is -2.28. The Balaban J connectivity index is 2.10. The van der Waals surface area contributed by atoms with Crippen molar-refractivity contribution in [2.45, 2.75) is 12.8 Å². The minimum absolute atomic E-state index is 0.306. The minimum Gasteiger partial charge on any atom is -0.345 e. The Hall–Kier alpha value is -0.570. The molecule has 2 rings (SSSR count). The van der Waals surface area contributed by atoms with E-state index in [2.05, 4.69) is 11.9 Å². The molecular formula is C9H16N2O. The van der Waals surface area contributed by atoms with Crippen molar-refractivity contribution in [2.24, 2.45) is 5.41 Å². The molecule has 2 saturated heterocycles. The molecule has 2 aliphatic rings. The average molecular weight is 168 g/mol. The first-order valence-corrected chi connectivity index (χ1v) is 4.54. The van der Waals surface area contributed by atoms with Crippen LogP contribution < -0.4 is 0 Å². The lowest BCUT2D eigenvalue weighted by atomic mass is 9.86. The van der Waals surface area contributed by atoms with Crippen molar-refractivity contribution in [2.75, 3.05) is 33.7 Å². The monoisotopic (exact) mass is 168 g/mol. The van der Waals surface area contributed by atoms with Crippen molar-refractivity contribution in [1.82, 2.24) is 9.80 Å². The van der Waals surface area contributed by atoms with Crippen molar-refractivity contribution in [3.8, 4) is 0 Å². The molecule has 0 aromatic rings. The third-order valence-corrected chi connectivity index (χ3v) is 3.15. The van der Waals surface area contributed by atoms with Crippen LogP contribution in [-0.4, -0.2) is 49.4 Å². The molecule has 1 atom stereocenters. The molecule has 1 spiro atoms. The standard InChI is InChI=1S/C9H16N2O/c1-10-4-3-9(6-10)5-8(12)11(2)7-9/h3-7H2,1-2H3/t9-/m0/s1. The highest BCUT2D eigenvalue weighted by Crippen LogP contribution is 2.38. The second-order valence-electron chi connectivity index (χ2n) is 4.41. The van der Waals surface area contributed by atoms with Crippen molar-refractivity contribution < 1.29 is 4.79 Å². The first kappa shape index (κ1) is 8.05. The van der Waals surface area contributed by atoms with Crippen LogP contribution in [0.1, 0.15) is 12.8 Å². The van der Waals surface area contributed by atoms with Crippen molar-refractivity contribution in [3.63, 3.8) is 0 Å². The number of likely N-dealkylation sites (tertiary alicyclic amines) is 2. The molecule has 12 heavy (non-hydrogen) atoms. The summed E-state index contributed by atoms with van der Waals surface area (Å²) >= 11 is 0. The molecule has 0 saturated carbocycles. The quantitative estimate of drug-likeness (QED) is 0.515. The van der Waals surface area contributed by atoms with E-state index in [1.165, 1.54) is 6.42 Å². The highest BCUT2D eigenvalue weighted by atomic mass is 16.2. The molecule has 0 aromatic carbocycles. The summed E-state index contributed by atoms with van der Waals surface area (Å²) in [5, 5.41) is 0. The Morgan fingerprint density at radius 3 is 2.50 bits per heavy atom. The number of carbonyl (C=O) groups excluding carboxylic acids is 1. The average Bonchev–Trinajstić information content (AvgIpc) is 2.42. The molecule has 1 amide bonds. The van der Waals surface area contributed by atoms with Crippen molar-refractivity contribution in [1.29, 1.82) is 0 Å². The van der Waals surface area contributed by atoms with Gasteiger partial charge in [0.15, 0.2) is 0 Å². The summed E-state index contributed by atoms with van der Waals surface area (Å²) in [6.07, 6.45) is 1.97. The van der Waals surface area contributed by atoms with Crippen LogP contribution in [0.4, 0.5) is 0 Å². The molecule has 2 aliphatic heterocycles. The summed E-state index contributed by atoms with van der Waals surface area (Å²) in [5.41, 5.74) is 0.306. The van der Waals surface area contributed by atoms with Gasteiger partial charge < -0.3 is 9.80 Å². The van der Waals surface area contributed by atoms with E-state index in [0.717, 1.165) is 26.1 Å². The van der Waals surface area contributed by atoms with E-state index >= 15 is 0 Å². The van der Waals surface area contributed by atoms with Crippen LogP contribution in [0, 0.1) is 5.41 Å². The molecule has 2 heterocycles. The topological polar surface area (TPSA) is 23.6 Å². The Morgan fingerprint density at radius 1 is 1.33 bits per heavy atom. The lowest BCUT2D eigenvalue weighted by molar-refractivity contribution is -0.126. The van der Waals surface area contributed by atoms with Gasteiger partial charge in [-0.3, -0.25) is 4.79 Å². The first-order chi connectivity index (χ1) is 5.61. The lowest BCUT2D eigenvalue weighted by Gasteiger charge is -2.21. The van der Waals surface area contributed by atoms with Gasteiger partial charge in [0.25, 0.3) is 0 Å². The number of amides is 1. The zero-order valence-corrected chi connectivity index (χ0v) is 7.84. The van der Waals surface area contributed by atoms with Crippen LogP contribution in [0.3, 0.4) is 0 Å². The molecule has 68 valence electrons. The van der Waals surface area contributed by atoms with Crippen LogP contribution in [0.5, 0.6) is 0 Å². The van der Waals surface area contributed by atoms with Gasteiger partial charge >= 0.3 is 0 Å². The highest BCUT2D eigenvalue weighted by Gasteiger charge is 2.45. The first-order valence-electron chi connectivity index (χ1n) is 4.54. The van der Waals surface area contributed by atoms with Gasteiger partial charge in [-0.2, -0.15) is 0 Å². The number of nitrogens with zero attached hydrogens (tertiary/aromatic N) is 2. The molecular weight excluding hydrogens is 152 g/mol. The second-order valence-corrected chi connectivity index (χ2v) is 4.41. The zero-order valence-electron chi connectivity index (χ0n) is 7.84. The van der Waals surface area contributed by atoms with Crippen LogP contribution in [0.15, 0.2) is 0 Å². The van der Waals surface area contributed by atoms with E-state index in [9.17, 15) is 4.79 Å². The summed E-state index contributed by atoms with van der Waals surface area (Å²) in [7, 11) is 4.05. The molecule has 0 bridgehead atoms. The van der Waals surface area contributed by atoms with Gasteiger partial charge in [0.2, 0.25) is 5.91 Å². The fraction of sp³-hybridized carbons (Fsp3) is 0.889. The maximum atomic E-state index is 11.3. The fourth-order valence-electron chi connectivity index (χ4n) is 2.54. The molecule has 0 aromatic heterocycles. The largest absolute Gasteiger partial charge is 0.345 e. The van der Waals surface area contributed by atoms with Gasteiger partial charge in [-0.05, 0) is 20.0 Å². The summed E-state index contributed by atoms with van der Waals surface area (Å²) in [6, 6.07) is 0. The summed E-state index contributed by atoms with van der Waals surface area (Å²) in [5.74, 6) is 0.324. The summed E-state index contributed by atoms with van der Waals surface area (Å²) < 4.78 is 0. The predicted molar refractivity (Wildman–Crippen MR) is 46.8 cm³/mol. The molecule has 0 unspecified atom stereocenters. The molecule has 0 radical (unpaired) electrons. The Morgan fingerprint density at radius 2 is 2.08 bits per heavy atom. The van der Waals surface area contributed by atoms with E-state index < -0.39 is 0 Å². The van der Waals surface area contributed by atoms with Gasteiger partial charge in [0.1, 0.15) is 0 Å². The van der Waals surface area contributed by atoms with Crippen molar-refractivity contribution >= 4 is 5.91 Å². The molecule has 3 heteroatoms. The zero-order chi connectivity index (χ0) is 8.77. The smallest absolute Gasteiger partial charge is 0.223 e. The van der Waals surface area contributed by atoms with Gasteiger partial charge in [-0.1, -0.05) is 0 Å². The summed E-state index contributed by atoms with van der Waals surface area (Å²) in [4.78, 5) is 15.5.